The molecule has 104 valence electrons. The number of hydrogen-bond acceptors (Lipinski definition) is 3. The molecule has 3 nitrogen and oxygen atoms in total. The van der Waals surface area contributed by atoms with Crippen molar-refractivity contribution in [2.24, 2.45) is 5.92 Å². The third kappa shape index (κ3) is 3.29. The third-order valence-corrected chi connectivity index (χ3v) is 3.16. The first-order valence-corrected chi connectivity index (χ1v) is 6.97. The second kappa shape index (κ2) is 6.11. The summed E-state index contributed by atoms with van der Waals surface area (Å²) in [5.74, 6) is 2.57. The van der Waals surface area contributed by atoms with Gasteiger partial charge in [0.2, 0.25) is 0 Å². The lowest BCUT2D eigenvalue weighted by Gasteiger charge is -2.05. The Morgan fingerprint density at radius 2 is 2.11 bits per heavy atom. The lowest BCUT2D eigenvalue weighted by molar-refractivity contribution is 0.340. The maximum absolute atomic E-state index is 5.90. The maximum Gasteiger partial charge on any atom is 0.134 e. The van der Waals surface area contributed by atoms with Gasteiger partial charge in [-0.3, -0.25) is 0 Å². The van der Waals surface area contributed by atoms with Crippen molar-refractivity contribution in [3.8, 4) is 5.75 Å². The summed E-state index contributed by atoms with van der Waals surface area (Å²) < 4.78 is 11.4. The highest BCUT2D eigenvalue weighted by Gasteiger charge is 2.11. The summed E-state index contributed by atoms with van der Waals surface area (Å²) in [5, 5.41) is 4.56. The SMILES string of the molecule is CCOc1ccc2oc(CNCC(C)C)c(C)c2c1. The first-order chi connectivity index (χ1) is 9.11. The molecule has 0 aliphatic rings. The molecule has 1 aromatic heterocycles. The van der Waals surface area contributed by atoms with E-state index >= 15 is 0 Å². The monoisotopic (exact) mass is 261 g/mol. The lowest BCUT2D eigenvalue weighted by atomic mass is 10.1. The van der Waals surface area contributed by atoms with Crippen molar-refractivity contribution in [1.29, 1.82) is 0 Å². The van der Waals surface area contributed by atoms with Crippen LogP contribution in [0.25, 0.3) is 11.0 Å². The van der Waals surface area contributed by atoms with E-state index in [2.05, 4.69) is 32.2 Å². The lowest BCUT2D eigenvalue weighted by Crippen LogP contribution is -2.18. The largest absolute Gasteiger partial charge is 0.494 e. The molecular weight excluding hydrogens is 238 g/mol. The van der Waals surface area contributed by atoms with Crippen molar-refractivity contribution in [1.82, 2.24) is 5.32 Å². The van der Waals surface area contributed by atoms with Crippen LogP contribution in [0.15, 0.2) is 22.6 Å². The second-order valence-electron chi connectivity index (χ2n) is 5.27. The third-order valence-electron chi connectivity index (χ3n) is 3.16. The Hall–Kier alpha value is -1.48. The molecule has 1 heterocycles. The number of rotatable bonds is 6. The molecule has 0 spiro atoms. The number of furan rings is 1. The van der Waals surface area contributed by atoms with Crippen LogP contribution in [0.4, 0.5) is 0 Å². The Morgan fingerprint density at radius 3 is 2.79 bits per heavy atom. The normalized spacial score (nSPS) is 11.4. The fourth-order valence-electron chi connectivity index (χ4n) is 2.15. The highest BCUT2D eigenvalue weighted by Crippen LogP contribution is 2.28. The maximum atomic E-state index is 5.90. The van der Waals surface area contributed by atoms with Crippen LogP contribution in [0.3, 0.4) is 0 Å². The minimum absolute atomic E-state index is 0.647. The average molecular weight is 261 g/mol. The summed E-state index contributed by atoms with van der Waals surface area (Å²) in [7, 11) is 0. The molecule has 0 bridgehead atoms. The fourth-order valence-corrected chi connectivity index (χ4v) is 2.15. The Labute approximate surface area is 114 Å². The van der Waals surface area contributed by atoms with E-state index in [1.165, 1.54) is 5.56 Å². The number of aryl methyl sites for hydroxylation is 1. The predicted molar refractivity (Wildman–Crippen MR) is 78.7 cm³/mol. The minimum Gasteiger partial charge on any atom is -0.494 e. The van der Waals surface area contributed by atoms with E-state index < -0.39 is 0 Å². The minimum atomic E-state index is 0.647. The molecule has 1 N–H and O–H groups in total. The Bertz CT molecular complexity index is 543. The molecule has 1 aromatic carbocycles. The van der Waals surface area contributed by atoms with Gasteiger partial charge in [0.05, 0.1) is 13.2 Å². The van der Waals surface area contributed by atoms with Crippen molar-refractivity contribution in [2.75, 3.05) is 13.2 Å². The fraction of sp³-hybridized carbons (Fsp3) is 0.500. The standard InChI is InChI=1S/C16H23NO2/c1-5-18-13-6-7-15-14(8-13)12(4)16(19-15)10-17-9-11(2)3/h6-8,11,17H,5,9-10H2,1-4H3. The van der Waals surface area contributed by atoms with Crippen LogP contribution in [0.5, 0.6) is 5.75 Å². The van der Waals surface area contributed by atoms with Gasteiger partial charge in [-0.25, -0.2) is 0 Å². The van der Waals surface area contributed by atoms with Crippen LogP contribution >= 0.6 is 0 Å². The summed E-state index contributed by atoms with van der Waals surface area (Å²) in [4.78, 5) is 0. The molecule has 0 saturated carbocycles. The van der Waals surface area contributed by atoms with Crippen LogP contribution in [0.1, 0.15) is 32.1 Å². The summed E-state index contributed by atoms with van der Waals surface area (Å²) in [5.41, 5.74) is 2.13. The van der Waals surface area contributed by atoms with Gasteiger partial charge in [0.25, 0.3) is 0 Å². The zero-order valence-corrected chi connectivity index (χ0v) is 12.2. The zero-order chi connectivity index (χ0) is 13.8. The molecule has 3 heteroatoms. The van der Waals surface area contributed by atoms with Gasteiger partial charge in [-0.15, -0.1) is 0 Å². The van der Waals surface area contributed by atoms with E-state index in [-0.39, 0.29) is 0 Å². The van der Waals surface area contributed by atoms with Crippen LogP contribution in [-0.2, 0) is 6.54 Å². The smallest absolute Gasteiger partial charge is 0.134 e. The molecule has 0 amide bonds. The van der Waals surface area contributed by atoms with Crippen LogP contribution in [-0.4, -0.2) is 13.2 Å². The number of fused-ring (bicyclic) bond motifs is 1. The van der Waals surface area contributed by atoms with Crippen molar-refractivity contribution in [3.05, 3.63) is 29.5 Å². The average Bonchev–Trinajstić information content (AvgIpc) is 2.67. The van der Waals surface area contributed by atoms with Gasteiger partial charge in [0, 0.05) is 5.39 Å². The van der Waals surface area contributed by atoms with Crippen molar-refractivity contribution in [3.63, 3.8) is 0 Å². The zero-order valence-electron chi connectivity index (χ0n) is 12.2. The molecule has 0 aliphatic heterocycles. The summed E-state index contributed by atoms with van der Waals surface area (Å²) in [6.45, 7) is 11.0. The van der Waals surface area contributed by atoms with Crippen LogP contribution < -0.4 is 10.1 Å². The molecule has 2 rings (SSSR count). The van der Waals surface area contributed by atoms with Gasteiger partial charge in [0.15, 0.2) is 0 Å². The predicted octanol–water partition coefficient (Wildman–Crippen LogP) is 3.89. The molecule has 0 radical (unpaired) electrons. The topological polar surface area (TPSA) is 34.4 Å². The number of ether oxygens (including phenoxy) is 1. The van der Waals surface area contributed by atoms with E-state index in [1.807, 2.05) is 19.1 Å². The van der Waals surface area contributed by atoms with Crippen LogP contribution in [0, 0.1) is 12.8 Å². The molecule has 0 unspecified atom stereocenters. The van der Waals surface area contributed by atoms with Gasteiger partial charge in [-0.05, 0) is 50.1 Å². The van der Waals surface area contributed by atoms with Crippen molar-refractivity contribution in [2.45, 2.75) is 34.2 Å². The Kier molecular flexibility index (Phi) is 4.48. The van der Waals surface area contributed by atoms with Crippen molar-refractivity contribution >= 4 is 11.0 Å². The summed E-state index contributed by atoms with van der Waals surface area (Å²) in [6, 6.07) is 6.00. The Balaban J connectivity index is 2.19. The second-order valence-corrected chi connectivity index (χ2v) is 5.27. The Morgan fingerprint density at radius 1 is 1.32 bits per heavy atom. The molecule has 19 heavy (non-hydrogen) atoms. The quantitative estimate of drug-likeness (QED) is 0.856. The van der Waals surface area contributed by atoms with Gasteiger partial charge in [-0.2, -0.15) is 0 Å². The van der Waals surface area contributed by atoms with Gasteiger partial charge in [0.1, 0.15) is 17.1 Å². The van der Waals surface area contributed by atoms with E-state index in [0.717, 1.165) is 35.6 Å². The summed E-state index contributed by atoms with van der Waals surface area (Å²) >= 11 is 0. The van der Waals surface area contributed by atoms with Gasteiger partial charge in [-0.1, -0.05) is 13.8 Å². The molecular formula is C16H23NO2. The van der Waals surface area contributed by atoms with E-state index in [9.17, 15) is 0 Å². The molecule has 0 fully saturated rings. The van der Waals surface area contributed by atoms with Crippen molar-refractivity contribution < 1.29 is 9.15 Å². The molecule has 0 aliphatic carbocycles. The van der Waals surface area contributed by atoms with E-state index in [4.69, 9.17) is 9.15 Å². The number of benzene rings is 1. The van der Waals surface area contributed by atoms with E-state index in [0.29, 0.717) is 12.5 Å². The highest BCUT2D eigenvalue weighted by atomic mass is 16.5. The van der Waals surface area contributed by atoms with E-state index in [1.54, 1.807) is 0 Å². The van der Waals surface area contributed by atoms with Gasteiger partial charge >= 0.3 is 0 Å². The number of hydrogen-bond donors (Lipinski definition) is 1. The van der Waals surface area contributed by atoms with Crippen LogP contribution in [0.2, 0.25) is 0 Å². The first kappa shape index (κ1) is 13.9. The molecule has 0 saturated heterocycles. The van der Waals surface area contributed by atoms with Gasteiger partial charge < -0.3 is 14.5 Å². The molecule has 2 aromatic rings. The first-order valence-electron chi connectivity index (χ1n) is 6.97. The highest BCUT2D eigenvalue weighted by molar-refractivity contribution is 5.83. The molecule has 0 atom stereocenters. The summed E-state index contributed by atoms with van der Waals surface area (Å²) in [6.07, 6.45) is 0. The number of nitrogens with one attached hydrogen (secondary N) is 1.